The Morgan fingerprint density at radius 3 is 2.80 bits per heavy atom. The molecule has 1 aromatic heterocycles. The number of piperidine rings is 1. The zero-order valence-electron chi connectivity index (χ0n) is 12.0. The lowest BCUT2D eigenvalue weighted by atomic mass is 10.1. The molecule has 1 aromatic rings. The number of esters is 1. The van der Waals surface area contributed by atoms with E-state index in [0.29, 0.717) is 23.2 Å². The Bertz CT molecular complexity index is 471. The molecule has 0 unspecified atom stereocenters. The highest BCUT2D eigenvalue weighted by Gasteiger charge is 2.23. The van der Waals surface area contributed by atoms with Gasteiger partial charge in [-0.1, -0.05) is 0 Å². The van der Waals surface area contributed by atoms with Crippen molar-refractivity contribution in [1.29, 1.82) is 0 Å². The van der Waals surface area contributed by atoms with Gasteiger partial charge in [-0.3, -0.25) is 0 Å². The van der Waals surface area contributed by atoms with E-state index >= 15 is 0 Å². The van der Waals surface area contributed by atoms with Crippen LogP contribution in [0.4, 0.5) is 11.5 Å². The number of nitrogen functional groups attached to an aromatic ring is 1. The molecular weight excluding hydrogens is 258 g/mol. The molecule has 1 saturated heterocycles. The van der Waals surface area contributed by atoms with Gasteiger partial charge in [0.05, 0.1) is 24.5 Å². The third kappa shape index (κ3) is 3.01. The van der Waals surface area contributed by atoms with Crippen molar-refractivity contribution in [3.63, 3.8) is 0 Å². The average Bonchev–Trinajstić information content (AvgIpc) is 2.48. The van der Waals surface area contributed by atoms with Crippen molar-refractivity contribution in [2.45, 2.75) is 25.9 Å². The van der Waals surface area contributed by atoms with Crippen molar-refractivity contribution in [1.82, 2.24) is 4.98 Å². The van der Waals surface area contributed by atoms with Crippen molar-refractivity contribution < 1.29 is 14.3 Å². The minimum absolute atomic E-state index is 0.307. The van der Waals surface area contributed by atoms with Crippen LogP contribution in [0.3, 0.4) is 0 Å². The van der Waals surface area contributed by atoms with Crippen LogP contribution in [0.5, 0.6) is 0 Å². The van der Waals surface area contributed by atoms with E-state index in [4.69, 9.17) is 15.2 Å². The monoisotopic (exact) mass is 279 g/mol. The minimum Gasteiger partial charge on any atom is -0.465 e. The molecule has 0 atom stereocenters. The first-order valence-electron chi connectivity index (χ1n) is 6.86. The second kappa shape index (κ2) is 6.56. The van der Waals surface area contributed by atoms with Gasteiger partial charge in [0.1, 0.15) is 0 Å². The van der Waals surface area contributed by atoms with E-state index in [1.54, 1.807) is 12.3 Å². The summed E-state index contributed by atoms with van der Waals surface area (Å²) in [5.41, 5.74) is 6.80. The number of ether oxygens (including phenoxy) is 2. The standard InChI is InChI=1S/C14H21N3O3/c1-3-20-10-5-8-17(9-6-10)13-12(15)11(4-7-16-13)14(18)19-2/h4,7,10H,3,5-6,8-9,15H2,1-2H3. The highest BCUT2D eigenvalue weighted by molar-refractivity contribution is 5.97. The molecule has 2 heterocycles. The lowest BCUT2D eigenvalue weighted by Crippen LogP contribution is -2.38. The summed E-state index contributed by atoms with van der Waals surface area (Å²) in [6, 6.07) is 1.58. The first-order chi connectivity index (χ1) is 9.67. The third-order valence-electron chi connectivity index (χ3n) is 3.52. The van der Waals surface area contributed by atoms with E-state index in [1.807, 2.05) is 6.92 Å². The number of anilines is 2. The summed E-state index contributed by atoms with van der Waals surface area (Å²) in [7, 11) is 1.34. The van der Waals surface area contributed by atoms with Crippen molar-refractivity contribution in [3.8, 4) is 0 Å². The molecule has 20 heavy (non-hydrogen) atoms. The largest absolute Gasteiger partial charge is 0.465 e. The number of aromatic nitrogens is 1. The molecule has 0 radical (unpaired) electrons. The van der Waals surface area contributed by atoms with Gasteiger partial charge in [-0.05, 0) is 25.8 Å². The van der Waals surface area contributed by atoms with Crippen molar-refractivity contribution in [2.75, 3.05) is 37.4 Å². The van der Waals surface area contributed by atoms with E-state index in [-0.39, 0.29) is 0 Å². The van der Waals surface area contributed by atoms with Crippen molar-refractivity contribution in [2.24, 2.45) is 0 Å². The van der Waals surface area contributed by atoms with Gasteiger partial charge < -0.3 is 20.1 Å². The maximum absolute atomic E-state index is 11.6. The first-order valence-corrected chi connectivity index (χ1v) is 6.86. The number of methoxy groups -OCH3 is 1. The zero-order chi connectivity index (χ0) is 14.5. The molecule has 2 N–H and O–H groups in total. The van der Waals surface area contributed by atoms with Crippen LogP contribution in [0.15, 0.2) is 12.3 Å². The number of nitrogens with two attached hydrogens (primary N) is 1. The molecule has 6 nitrogen and oxygen atoms in total. The van der Waals surface area contributed by atoms with Gasteiger partial charge in [0, 0.05) is 25.9 Å². The van der Waals surface area contributed by atoms with Gasteiger partial charge in [0.15, 0.2) is 5.82 Å². The Balaban J connectivity index is 2.12. The topological polar surface area (TPSA) is 77.7 Å². The van der Waals surface area contributed by atoms with E-state index in [1.165, 1.54) is 7.11 Å². The molecule has 6 heteroatoms. The molecule has 0 saturated carbocycles. The van der Waals surface area contributed by atoms with Gasteiger partial charge >= 0.3 is 5.97 Å². The number of pyridine rings is 1. The molecule has 2 rings (SSSR count). The van der Waals surface area contributed by atoms with Crippen LogP contribution < -0.4 is 10.6 Å². The van der Waals surface area contributed by atoms with Crippen molar-refractivity contribution >= 4 is 17.5 Å². The second-order valence-corrected chi connectivity index (χ2v) is 4.73. The van der Waals surface area contributed by atoms with Crippen LogP contribution >= 0.6 is 0 Å². The maximum atomic E-state index is 11.6. The number of hydrogen-bond donors (Lipinski definition) is 1. The summed E-state index contributed by atoms with van der Waals surface area (Å²) in [4.78, 5) is 18.0. The SMILES string of the molecule is CCOC1CCN(c2nccc(C(=O)OC)c2N)CC1. The molecule has 0 aliphatic carbocycles. The summed E-state index contributed by atoms with van der Waals surface area (Å²) in [6.45, 7) is 4.40. The number of hydrogen-bond acceptors (Lipinski definition) is 6. The number of carbonyl (C=O) groups excluding carboxylic acids is 1. The average molecular weight is 279 g/mol. The fourth-order valence-corrected chi connectivity index (χ4v) is 2.47. The Kier molecular flexibility index (Phi) is 4.79. The molecule has 1 fully saturated rings. The van der Waals surface area contributed by atoms with Crippen LogP contribution in [-0.2, 0) is 9.47 Å². The molecule has 0 spiro atoms. The summed E-state index contributed by atoms with van der Waals surface area (Å²) in [6.07, 6.45) is 3.78. The molecular formula is C14H21N3O3. The maximum Gasteiger partial charge on any atom is 0.340 e. The van der Waals surface area contributed by atoms with Gasteiger partial charge in [0.25, 0.3) is 0 Å². The van der Waals surface area contributed by atoms with Crippen molar-refractivity contribution in [3.05, 3.63) is 17.8 Å². The van der Waals surface area contributed by atoms with Gasteiger partial charge in [-0.25, -0.2) is 9.78 Å². The predicted octanol–water partition coefficient (Wildman–Crippen LogP) is 1.46. The summed E-state index contributed by atoms with van der Waals surface area (Å²) < 4.78 is 10.3. The third-order valence-corrected chi connectivity index (χ3v) is 3.52. The van der Waals surface area contributed by atoms with Gasteiger partial charge in [-0.2, -0.15) is 0 Å². The molecule has 1 aliphatic heterocycles. The van der Waals surface area contributed by atoms with E-state index in [0.717, 1.165) is 32.5 Å². The van der Waals surface area contributed by atoms with E-state index in [9.17, 15) is 4.79 Å². The number of rotatable bonds is 4. The van der Waals surface area contributed by atoms with Crippen LogP contribution in [0.2, 0.25) is 0 Å². The second-order valence-electron chi connectivity index (χ2n) is 4.73. The molecule has 0 aromatic carbocycles. The number of nitrogens with zero attached hydrogens (tertiary/aromatic N) is 2. The highest BCUT2D eigenvalue weighted by Crippen LogP contribution is 2.27. The van der Waals surface area contributed by atoms with E-state index < -0.39 is 5.97 Å². The lowest BCUT2D eigenvalue weighted by Gasteiger charge is -2.33. The normalized spacial score (nSPS) is 16.2. The smallest absolute Gasteiger partial charge is 0.340 e. The number of carbonyl (C=O) groups is 1. The Labute approximate surface area is 118 Å². The molecule has 1 aliphatic rings. The van der Waals surface area contributed by atoms with Crippen LogP contribution in [0, 0.1) is 0 Å². The quantitative estimate of drug-likeness (QED) is 0.841. The summed E-state index contributed by atoms with van der Waals surface area (Å²) in [5, 5.41) is 0. The predicted molar refractivity (Wildman–Crippen MR) is 76.8 cm³/mol. The molecule has 0 amide bonds. The van der Waals surface area contributed by atoms with Gasteiger partial charge in [0.2, 0.25) is 0 Å². The van der Waals surface area contributed by atoms with E-state index in [2.05, 4.69) is 9.88 Å². The molecule has 110 valence electrons. The Morgan fingerprint density at radius 1 is 1.50 bits per heavy atom. The Hall–Kier alpha value is -1.82. The fraction of sp³-hybridized carbons (Fsp3) is 0.571. The molecule has 0 bridgehead atoms. The van der Waals surface area contributed by atoms with Crippen LogP contribution in [0.25, 0.3) is 0 Å². The zero-order valence-corrected chi connectivity index (χ0v) is 12.0. The van der Waals surface area contributed by atoms with Gasteiger partial charge in [-0.15, -0.1) is 0 Å². The highest BCUT2D eigenvalue weighted by atomic mass is 16.5. The lowest BCUT2D eigenvalue weighted by molar-refractivity contribution is 0.0458. The minimum atomic E-state index is -0.435. The van der Waals surface area contributed by atoms with Crippen LogP contribution in [-0.4, -0.2) is 43.9 Å². The summed E-state index contributed by atoms with van der Waals surface area (Å²) in [5.74, 6) is 0.221. The fourth-order valence-electron chi connectivity index (χ4n) is 2.47. The Morgan fingerprint density at radius 2 is 2.20 bits per heavy atom. The first kappa shape index (κ1) is 14.6. The van der Waals surface area contributed by atoms with Crippen LogP contribution in [0.1, 0.15) is 30.1 Å². The summed E-state index contributed by atoms with van der Waals surface area (Å²) >= 11 is 0.